The third-order valence-electron chi connectivity index (χ3n) is 3.91. The maximum Gasteiger partial charge on any atom is 0.313 e. The van der Waals surface area contributed by atoms with Crippen LogP contribution in [-0.4, -0.2) is 34.8 Å². The molecule has 1 heterocycles. The number of amides is 2. The lowest BCUT2D eigenvalue weighted by Crippen LogP contribution is -2.40. The number of carbonyl (C=O) groups excluding carboxylic acids is 2. The van der Waals surface area contributed by atoms with E-state index in [1.807, 2.05) is 51.1 Å². The van der Waals surface area contributed by atoms with E-state index in [-0.39, 0.29) is 0 Å². The number of pyridine rings is 1. The Hall–Kier alpha value is -2.69. The Morgan fingerprint density at radius 2 is 1.83 bits per heavy atom. The van der Waals surface area contributed by atoms with Crippen LogP contribution in [-0.2, 0) is 16.0 Å². The van der Waals surface area contributed by atoms with Crippen LogP contribution in [0.5, 0.6) is 0 Å². The van der Waals surface area contributed by atoms with Gasteiger partial charge in [-0.3, -0.25) is 14.6 Å². The molecular weight excluding hydrogens is 302 g/mol. The highest BCUT2D eigenvalue weighted by Gasteiger charge is 2.21. The average Bonchev–Trinajstić information content (AvgIpc) is 2.58. The van der Waals surface area contributed by atoms with Crippen molar-refractivity contribution in [2.45, 2.75) is 27.2 Å². The van der Waals surface area contributed by atoms with Gasteiger partial charge < -0.3 is 10.2 Å². The molecule has 0 aliphatic carbocycles. The monoisotopic (exact) mass is 325 g/mol. The molecule has 0 atom stereocenters. The lowest BCUT2D eigenvalue weighted by molar-refractivity contribution is -0.143. The first kappa shape index (κ1) is 17.7. The highest BCUT2D eigenvalue weighted by molar-refractivity contribution is 6.39. The zero-order chi connectivity index (χ0) is 17.5. The Morgan fingerprint density at radius 3 is 2.46 bits per heavy atom. The summed E-state index contributed by atoms with van der Waals surface area (Å²) in [6, 6.07) is 9.53. The van der Waals surface area contributed by atoms with Crippen molar-refractivity contribution in [1.82, 2.24) is 9.88 Å². The maximum absolute atomic E-state index is 12.4. The highest BCUT2D eigenvalue weighted by atomic mass is 16.2. The van der Waals surface area contributed by atoms with E-state index < -0.39 is 11.8 Å². The van der Waals surface area contributed by atoms with Crippen LogP contribution in [0.1, 0.15) is 23.6 Å². The number of likely N-dealkylation sites (N-methyl/N-ethyl adjacent to an activating group) is 1. The van der Waals surface area contributed by atoms with E-state index in [1.165, 1.54) is 0 Å². The minimum Gasteiger partial charge on any atom is -0.334 e. The molecule has 0 fully saturated rings. The number of carbonyl (C=O) groups is 2. The fourth-order valence-electron chi connectivity index (χ4n) is 2.49. The van der Waals surface area contributed by atoms with Gasteiger partial charge in [-0.25, -0.2) is 0 Å². The first-order chi connectivity index (χ1) is 11.5. The maximum atomic E-state index is 12.4. The molecule has 0 saturated heterocycles. The molecule has 2 aromatic rings. The second kappa shape index (κ2) is 8.24. The summed E-state index contributed by atoms with van der Waals surface area (Å²) in [7, 11) is 0. The fraction of sp³-hybridized carbons (Fsp3) is 0.316. The van der Waals surface area contributed by atoms with Gasteiger partial charge in [0.2, 0.25) is 0 Å². The minimum absolute atomic E-state index is 0.490. The number of anilines is 1. The van der Waals surface area contributed by atoms with Crippen LogP contribution in [0.25, 0.3) is 0 Å². The number of benzene rings is 1. The van der Waals surface area contributed by atoms with Gasteiger partial charge in [0.1, 0.15) is 0 Å². The summed E-state index contributed by atoms with van der Waals surface area (Å²) in [4.78, 5) is 30.2. The Balaban J connectivity index is 1.98. The molecule has 5 nitrogen and oxygen atoms in total. The normalized spacial score (nSPS) is 10.3. The van der Waals surface area contributed by atoms with E-state index in [2.05, 4.69) is 10.3 Å². The Bertz CT molecular complexity index is 714. The first-order valence-corrected chi connectivity index (χ1v) is 8.07. The van der Waals surface area contributed by atoms with Crippen LogP contribution in [0.15, 0.2) is 42.7 Å². The molecule has 0 bridgehead atoms. The minimum atomic E-state index is -0.599. The van der Waals surface area contributed by atoms with E-state index in [4.69, 9.17) is 0 Å². The molecule has 24 heavy (non-hydrogen) atoms. The molecule has 2 amide bonds. The number of rotatable bonds is 5. The molecule has 0 saturated carbocycles. The Labute approximate surface area is 142 Å². The predicted molar refractivity (Wildman–Crippen MR) is 94.7 cm³/mol. The third-order valence-corrected chi connectivity index (χ3v) is 3.91. The summed E-state index contributed by atoms with van der Waals surface area (Å²) < 4.78 is 0. The topological polar surface area (TPSA) is 62.3 Å². The predicted octanol–water partition coefficient (Wildman–Crippen LogP) is 2.73. The fourth-order valence-corrected chi connectivity index (χ4v) is 2.49. The number of nitrogens with zero attached hydrogens (tertiary/aromatic N) is 2. The first-order valence-electron chi connectivity index (χ1n) is 8.07. The van der Waals surface area contributed by atoms with Crippen LogP contribution in [0.2, 0.25) is 0 Å². The van der Waals surface area contributed by atoms with Crippen molar-refractivity contribution in [3.8, 4) is 0 Å². The van der Waals surface area contributed by atoms with E-state index >= 15 is 0 Å². The molecule has 0 radical (unpaired) electrons. The molecule has 1 aromatic carbocycles. The zero-order valence-electron chi connectivity index (χ0n) is 14.4. The number of aromatic nitrogens is 1. The number of nitrogens with one attached hydrogen (secondary N) is 1. The summed E-state index contributed by atoms with van der Waals surface area (Å²) in [5.41, 5.74) is 3.82. The van der Waals surface area contributed by atoms with E-state index in [0.717, 1.165) is 16.7 Å². The van der Waals surface area contributed by atoms with Gasteiger partial charge in [0.25, 0.3) is 0 Å². The summed E-state index contributed by atoms with van der Waals surface area (Å²) in [6.07, 6.45) is 4.14. The van der Waals surface area contributed by atoms with Gasteiger partial charge in [-0.05, 0) is 56.5 Å². The van der Waals surface area contributed by atoms with E-state index in [0.29, 0.717) is 25.2 Å². The highest BCUT2D eigenvalue weighted by Crippen LogP contribution is 2.16. The van der Waals surface area contributed by atoms with Crippen molar-refractivity contribution in [3.63, 3.8) is 0 Å². The van der Waals surface area contributed by atoms with Gasteiger partial charge in [0, 0.05) is 31.2 Å². The SMILES string of the molecule is CCN(CCc1ccncc1)C(=O)C(=O)Nc1ccc(C)cc1C. The van der Waals surface area contributed by atoms with Crippen molar-refractivity contribution in [3.05, 3.63) is 59.4 Å². The zero-order valence-corrected chi connectivity index (χ0v) is 14.4. The van der Waals surface area contributed by atoms with Crippen LogP contribution in [0.4, 0.5) is 5.69 Å². The molecule has 0 spiro atoms. The molecule has 0 aliphatic heterocycles. The average molecular weight is 325 g/mol. The second-order valence-electron chi connectivity index (χ2n) is 5.76. The van der Waals surface area contributed by atoms with Gasteiger partial charge in [-0.2, -0.15) is 0 Å². The largest absolute Gasteiger partial charge is 0.334 e. The van der Waals surface area contributed by atoms with Crippen molar-refractivity contribution < 1.29 is 9.59 Å². The molecule has 5 heteroatoms. The van der Waals surface area contributed by atoms with Crippen molar-refractivity contribution in [1.29, 1.82) is 0 Å². The van der Waals surface area contributed by atoms with Crippen molar-refractivity contribution in [2.24, 2.45) is 0 Å². The molecule has 1 aromatic heterocycles. The van der Waals surface area contributed by atoms with Crippen molar-refractivity contribution >= 4 is 17.5 Å². The van der Waals surface area contributed by atoms with Crippen LogP contribution in [0, 0.1) is 13.8 Å². The molecule has 1 N–H and O–H groups in total. The standard InChI is InChI=1S/C19H23N3O2/c1-4-22(12-9-16-7-10-20-11-8-16)19(24)18(23)21-17-6-5-14(2)13-15(17)3/h5-8,10-11,13H,4,9,12H2,1-3H3,(H,21,23). The van der Waals surface area contributed by atoms with Crippen LogP contribution < -0.4 is 5.32 Å². The Morgan fingerprint density at radius 1 is 1.12 bits per heavy atom. The lowest BCUT2D eigenvalue weighted by Gasteiger charge is -2.20. The van der Waals surface area contributed by atoms with E-state index in [1.54, 1.807) is 17.3 Å². The summed E-state index contributed by atoms with van der Waals surface area (Å²) in [6.45, 7) is 6.76. The van der Waals surface area contributed by atoms with Crippen LogP contribution in [0.3, 0.4) is 0 Å². The molecule has 0 aliphatic rings. The van der Waals surface area contributed by atoms with Gasteiger partial charge >= 0.3 is 11.8 Å². The quantitative estimate of drug-likeness (QED) is 0.860. The molecule has 126 valence electrons. The number of aryl methyl sites for hydroxylation is 2. The number of hydrogen-bond acceptors (Lipinski definition) is 3. The third kappa shape index (κ3) is 4.65. The smallest absolute Gasteiger partial charge is 0.313 e. The molecule has 0 unspecified atom stereocenters. The second-order valence-corrected chi connectivity index (χ2v) is 5.76. The van der Waals surface area contributed by atoms with Gasteiger partial charge in [0.15, 0.2) is 0 Å². The van der Waals surface area contributed by atoms with Gasteiger partial charge in [-0.1, -0.05) is 17.7 Å². The summed E-state index contributed by atoms with van der Waals surface area (Å²) in [5.74, 6) is -1.11. The van der Waals surface area contributed by atoms with Gasteiger partial charge in [0.05, 0.1) is 0 Å². The number of hydrogen-bond donors (Lipinski definition) is 1. The Kier molecular flexibility index (Phi) is 6.07. The summed E-state index contributed by atoms with van der Waals surface area (Å²) >= 11 is 0. The summed E-state index contributed by atoms with van der Waals surface area (Å²) in [5, 5.41) is 2.71. The van der Waals surface area contributed by atoms with Crippen molar-refractivity contribution in [2.75, 3.05) is 18.4 Å². The van der Waals surface area contributed by atoms with Crippen LogP contribution >= 0.6 is 0 Å². The molecular formula is C19H23N3O2. The molecule has 2 rings (SSSR count). The lowest BCUT2D eigenvalue weighted by atomic mass is 10.1. The van der Waals surface area contributed by atoms with Gasteiger partial charge in [-0.15, -0.1) is 0 Å². The van der Waals surface area contributed by atoms with E-state index in [9.17, 15) is 9.59 Å².